The van der Waals surface area contributed by atoms with E-state index in [1.807, 2.05) is 32.9 Å². The highest BCUT2D eigenvalue weighted by molar-refractivity contribution is 7.92. The number of anilines is 1. The second-order valence-electron chi connectivity index (χ2n) is 8.14. The Morgan fingerprint density at radius 1 is 0.970 bits per heavy atom. The van der Waals surface area contributed by atoms with Gasteiger partial charge >= 0.3 is 0 Å². The molecule has 1 atom stereocenters. The molecule has 1 unspecified atom stereocenters. The molecule has 3 aromatic rings. The molecule has 3 aromatic carbocycles. The number of carbonyl (C=O) groups excluding carboxylic acids is 1. The van der Waals surface area contributed by atoms with E-state index in [-0.39, 0.29) is 23.4 Å². The number of nitrogens with zero attached hydrogens (tertiary/aromatic N) is 1. The predicted octanol–water partition coefficient (Wildman–Crippen LogP) is 5.73. The molecule has 0 aliphatic carbocycles. The number of amides is 1. The first-order valence-corrected chi connectivity index (χ1v) is 12.7. The molecule has 174 valence electrons. The van der Waals surface area contributed by atoms with Gasteiger partial charge in [-0.3, -0.25) is 9.10 Å². The summed E-state index contributed by atoms with van der Waals surface area (Å²) in [6, 6.07) is 19.0. The van der Waals surface area contributed by atoms with E-state index in [4.69, 9.17) is 11.6 Å². The molecule has 3 rings (SSSR count). The lowest BCUT2D eigenvalue weighted by Gasteiger charge is -2.27. The largest absolute Gasteiger partial charge is 0.348 e. The zero-order valence-corrected chi connectivity index (χ0v) is 20.9. The average Bonchev–Trinajstić information content (AvgIpc) is 2.78. The van der Waals surface area contributed by atoms with Crippen molar-refractivity contribution >= 4 is 33.2 Å². The molecule has 7 heteroatoms. The third-order valence-corrected chi connectivity index (χ3v) is 7.61. The van der Waals surface area contributed by atoms with Gasteiger partial charge in [0, 0.05) is 5.02 Å². The topological polar surface area (TPSA) is 66.5 Å². The second kappa shape index (κ2) is 10.4. The van der Waals surface area contributed by atoms with Gasteiger partial charge < -0.3 is 5.32 Å². The van der Waals surface area contributed by atoms with Crippen molar-refractivity contribution in [3.05, 3.63) is 94.0 Å². The summed E-state index contributed by atoms with van der Waals surface area (Å²) in [6.07, 6.45) is 0.678. The number of benzene rings is 3. The van der Waals surface area contributed by atoms with E-state index >= 15 is 0 Å². The fraction of sp³-hybridized carbons (Fsp3) is 0.269. The minimum absolute atomic E-state index is 0.110. The Labute approximate surface area is 201 Å². The maximum Gasteiger partial charge on any atom is 0.264 e. The number of sulfonamides is 1. The lowest BCUT2D eigenvalue weighted by molar-refractivity contribution is -0.120. The van der Waals surface area contributed by atoms with Crippen LogP contribution < -0.4 is 9.62 Å². The number of nitrogens with one attached hydrogen (secondary N) is 1. The van der Waals surface area contributed by atoms with Crippen LogP contribution in [0.1, 0.15) is 41.6 Å². The number of rotatable bonds is 8. The smallest absolute Gasteiger partial charge is 0.264 e. The van der Waals surface area contributed by atoms with Gasteiger partial charge in [0.15, 0.2) is 0 Å². The first kappa shape index (κ1) is 24.8. The van der Waals surface area contributed by atoms with Gasteiger partial charge in [-0.25, -0.2) is 8.42 Å². The molecular formula is C26H29ClN2O3S. The van der Waals surface area contributed by atoms with Gasteiger partial charge in [-0.05, 0) is 68.1 Å². The average molecular weight is 485 g/mol. The maximum atomic E-state index is 13.6. The molecule has 0 saturated heterocycles. The molecule has 5 nitrogen and oxygen atoms in total. The van der Waals surface area contributed by atoms with E-state index < -0.39 is 10.0 Å². The number of hydrogen-bond donors (Lipinski definition) is 1. The van der Waals surface area contributed by atoms with Crippen LogP contribution in [0.4, 0.5) is 5.69 Å². The van der Waals surface area contributed by atoms with E-state index in [0.717, 1.165) is 21.0 Å². The van der Waals surface area contributed by atoms with Crippen molar-refractivity contribution in [1.29, 1.82) is 0 Å². The number of carbonyl (C=O) groups is 1. The fourth-order valence-corrected chi connectivity index (χ4v) is 5.52. The van der Waals surface area contributed by atoms with E-state index in [1.54, 1.807) is 43.3 Å². The van der Waals surface area contributed by atoms with E-state index in [9.17, 15) is 13.2 Å². The van der Waals surface area contributed by atoms with Gasteiger partial charge in [0.25, 0.3) is 10.0 Å². The van der Waals surface area contributed by atoms with Crippen LogP contribution in [0.2, 0.25) is 5.02 Å². The molecule has 0 fully saturated rings. The van der Waals surface area contributed by atoms with Gasteiger partial charge in [-0.2, -0.15) is 0 Å². The Morgan fingerprint density at radius 2 is 1.67 bits per heavy atom. The zero-order chi connectivity index (χ0) is 24.2. The number of aryl methyl sites for hydroxylation is 3. The van der Waals surface area contributed by atoms with Crippen LogP contribution in [-0.2, 0) is 14.8 Å². The van der Waals surface area contributed by atoms with E-state index in [1.165, 1.54) is 12.1 Å². The van der Waals surface area contributed by atoms with Crippen LogP contribution in [0.25, 0.3) is 0 Å². The molecule has 0 aliphatic heterocycles. The Kier molecular flexibility index (Phi) is 7.82. The van der Waals surface area contributed by atoms with Crippen molar-refractivity contribution in [3.8, 4) is 0 Å². The second-order valence-corrected chi connectivity index (χ2v) is 10.4. The van der Waals surface area contributed by atoms with E-state index in [0.29, 0.717) is 22.7 Å². The minimum atomic E-state index is -4.00. The highest BCUT2D eigenvalue weighted by Crippen LogP contribution is 2.30. The molecule has 0 spiro atoms. The van der Waals surface area contributed by atoms with E-state index in [2.05, 4.69) is 11.4 Å². The summed E-state index contributed by atoms with van der Waals surface area (Å²) < 4.78 is 28.2. The summed E-state index contributed by atoms with van der Waals surface area (Å²) in [5, 5.41) is 3.42. The monoisotopic (exact) mass is 484 g/mol. The van der Waals surface area contributed by atoms with Gasteiger partial charge in [-0.1, -0.05) is 66.6 Å². The van der Waals surface area contributed by atoms with Gasteiger partial charge in [0.1, 0.15) is 6.54 Å². The normalized spacial score (nSPS) is 12.3. The van der Waals surface area contributed by atoms with Gasteiger partial charge in [-0.15, -0.1) is 0 Å². The van der Waals surface area contributed by atoms with Crippen LogP contribution >= 0.6 is 11.6 Å². The van der Waals surface area contributed by atoms with Crippen molar-refractivity contribution in [3.63, 3.8) is 0 Å². The maximum absolute atomic E-state index is 13.6. The predicted molar refractivity (Wildman–Crippen MR) is 134 cm³/mol. The van der Waals surface area contributed by atoms with Gasteiger partial charge in [0.05, 0.1) is 16.6 Å². The lowest BCUT2D eigenvalue weighted by atomic mass is 9.97. The summed E-state index contributed by atoms with van der Waals surface area (Å²) in [4.78, 5) is 13.3. The highest BCUT2D eigenvalue weighted by Gasteiger charge is 2.29. The lowest BCUT2D eigenvalue weighted by Crippen LogP contribution is -2.42. The number of hydrogen-bond acceptors (Lipinski definition) is 3. The Morgan fingerprint density at radius 3 is 2.30 bits per heavy atom. The van der Waals surface area contributed by atoms with Crippen LogP contribution in [0.15, 0.2) is 71.6 Å². The van der Waals surface area contributed by atoms with Crippen molar-refractivity contribution in [2.45, 2.75) is 45.1 Å². The summed E-state index contributed by atoms with van der Waals surface area (Å²) >= 11 is 6.19. The van der Waals surface area contributed by atoms with Crippen molar-refractivity contribution in [1.82, 2.24) is 5.32 Å². The SMILES string of the molecule is CCC(NC(=O)CN(c1cc(Cl)ccc1C)S(=O)(=O)c1ccccc1)c1ccc(C)cc1C. The molecule has 0 heterocycles. The highest BCUT2D eigenvalue weighted by atomic mass is 35.5. The molecule has 0 saturated carbocycles. The van der Waals surface area contributed by atoms with Crippen molar-refractivity contribution in [2.75, 3.05) is 10.8 Å². The van der Waals surface area contributed by atoms with Crippen LogP contribution in [0.3, 0.4) is 0 Å². The number of halogens is 1. The molecule has 0 aliphatic rings. The van der Waals surface area contributed by atoms with Crippen LogP contribution in [-0.4, -0.2) is 20.9 Å². The first-order chi connectivity index (χ1) is 15.6. The summed E-state index contributed by atoms with van der Waals surface area (Å²) in [5.41, 5.74) is 4.33. The molecular weight excluding hydrogens is 456 g/mol. The Balaban J connectivity index is 1.96. The van der Waals surface area contributed by atoms with Gasteiger partial charge in [0.2, 0.25) is 5.91 Å². The van der Waals surface area contributed by atoms with Crippen LogP contribution in [0.5, 0.6) is 0 Å². The molecule has 33 heavy (non-hydrogen) atoms. The minimum Gasteiger partial charge on any atom is -0.348 e. The fourth-order valence-electron chi connectivity index (χ4n) is 3.86. The Hall–Kier alpha value is -2.83. The molecule has 1 amide bonds. The molecule has 1 N–H and O–H groups in total. The summed E-state index contributed by atoms with van der Waals surface area (Å²) in [7, 11) is -4.00. The summed E-state index contributed by atoms with van der Waals surface area (Å²) in [5.74, 6) is -0.388. The van der Waals surface area contributed by atoms with Crippen molar-refractivity contribution < 1.29 is 13.2 Å². The van der Waals surface area contributed by atoms with Crippen molar-refractivity contribution in [2.24, 2.45) is 0 Å². The molecule has 0 radical (unpaired) electrons. The van der Waals surface area contributed by atoms with Crippen LogP contribution in [0, 0.1) is 20.8 Å². The molecule has 0 bridgehead atoms. The Bertz CT molecular complexity index is 1240. The standard InChI is InChI=1S/C26H29ClN2O3S/c1-5-24(23-14-11-18(2)15-20(23)4)28-26(30)17-29(25-16-21(27)13-12-19(25)3)33(31,32)22-9-7-6-8-10-22/h6-16,24H,5,17H2,1-4H3,(H,28,30). The third kappa shape index (κ3) is 5.75. The zero-order valence-electron chi connectivity index (χ0n) is 19.3. The quantitative estimate of drug-likeness (QED) is 0.444. The first-order valence-electron chi connectivity index (χ1n) is 10.8. The molecule has 0 aromatic heterocycles. The third-order valence-electron chi connectivity index (χ3n) is 5.60. The summed E-state index contributed by atoms with van der Waals surface area (Å²) in [6.45, 7) is 7.46.